The highest BCUT2D eigenvalue weighted by Gasteiger charge is 2.30. The van der Waals surface area contributed by atoms with Gasteiger partial charge in [0, 0.05) is 47.5 Å². The van der Waals surface area contributed by atoms with Gasteiger partial charge in [0.1, 0.15) is 23.8 Å². The van der Waals surface area contributed by atoms with Crippen molar-refractivity contribution >= 4 is 28.0 Å². The van der Waals surface area contributed by atoms with Gasteiger partial charge in [0.2, 0.25) is 5.88 Å². The first kappa shape index (κ1) is 31.1. The van der Waals surface area contributed by atoms with E-state index in [2.05, 4.69) is 27.4 Å². The third-order valence-electron chi connectivity index (χ3n) is 9.14. The van der Waals surface area contributed by atoms with Crippen LogP contribution >= 0.6 is 0 Å². The second kappa shape index (κ2) is 13.3. The molecule has 0 aliphatic carbocycles. The van der Waals surface area contributed by atoms with E-state index in [1.165, 1.54) is 12.1 Å². The largest absolute Gasteiger partial charge is 0.473 e. The van der Waals surface area contributed by atoms with E-state index < -0.39 is 5.97 Å². The molecule has 47 heavy (non-hydrogen) atoms. The van der Waals surface area contributed by atoms with Crippen molar-refractivity contribution in [3.05, 3.63) is 89.4 Å². The molecule has 2 aliphatic rings. The smallest absolute Gasteiger partial charge is 0.357 e. The van der Waals surface area contributed by atoms with Crippen LogP contribution in [-0.2, 0) is 22.6 Å². The highest BCUT2D eigenvalue weighted by atomic mass is 19.1. The summed E-state index contributed by atoms with van der Waals surface area (Å²) in [5.74, 6) is 1.07. The Balaban J connectivity index is 1.04. The van der Waals surface area contributed by atoms with Crippen molar-refractivity contribution in [1.29, 1.82) is 0 Å². The molecule has 0 saturated carbocycles. The molecule has 0 spiro atoms. The summed E-state index contributed by atoms with van der Waals surface area (Å²) in [5.41, 5.74) is 4.29. The summed E-state index contributed by atoms with van der Waals surface area (Å²) in [6, 6.07) is 16.0. The van der Waals surface area contributed by atoms with E-state index in [9.17, 15) is 9.18 Å². The van der Waals surface area contributed by atoms with Crippen molar-refractivity contribution in [3.63, 3.8) is 0 Å². The maximum Gasteiger partial charge on any atom is 0.357 e. The number of esters is 1. The SMILES string of the molecule is CC(C)OC(=O)c1ccc2nc(C(C)N3CCC(c4cccc(OCc5ccnc6cc(F)ccc56)n4)CC3)n(C[C@@H]3CCO3)c2n1. The van der Waals surface area contributed by atoms with E-state index in [0.717, 1.165) is 66.9 Å². The molecule has 2 saturated heterocycles. The molecule has 7 rings (SSSR count). The number of aromatic nitrogens is 5. The molecule has 1 unspecified atom stereocenters. The molecule has 10 nitrogen and oxygen atoms in total. The fourth-order valence-corrected chi connectivity index (χ4v) is 6.48. The quantitative estimate of drug-likeness (QED) is 0.161. The Morgan fingerprint density at radius 2 is 1.83 bits per heavy atom. The fraction of sp³-hybridized carbons (Fsp3) is 0.417. The first-order chi connectivity index (χ1) is 22.8. The summed E-state index contributed by atoms with van der Waals surface area (Å²) in [4.78, 5) is 34.0. The summed E-state index contributed by atoms with van der Waals surface area (Å²) < 4.78 is 33.1. The van der Waals surface area contributed by atoms with Gasteiger partial charge in [-0.15, -0.1) is 0 Å². The van der Waals surface area contributed by atoms with Crippen molar-refractivity contribution in [2.75, 3.05) is 19.7 Å². The van der Waals surface area contributed by atoms with Gasteiger partial charge in [0.25, 0.3) is 0 Å². The van der Waals surface area contributed by atoms with Crippen LogP contribution in [0.5, 0.6) is 5.88 Å². The Bertz CT molecular complexity index is 1900. The molecular weight excluding hydrogens is 599 g/mol. The molecule has 2 aliphatic heterocycles. The lowest BCUT2D eigenvalue weighted by Gasteiger charge is -2.36. The van der Waals surface area contributed by atoms with E-state index in [4.69, 9.17) is 29.2 Å². The number of likely N-dealkylation sites (tertiary alicyclic amines) is 1. The van der Waals surface area contributed by atoms with Crippen molar-refractivity contribution in [3.8, 4) is 5.88 Å². The van der Waals surface area contributed by atoms with E-state index >= 15 is 0 Å². The molecule has 244 valence electrons. The van der Waals surface area contributed by atoms with Crippen molar-refractivity contribution in [2.24, 2.45) is 0 Å². The van der Waals surface area contributed by atoms with E-state index in [-0.39, 0.29) is 29.8 Å². The number of carbonyl (C=O) groups excluding carboxylic acids is 1. The Hall–Kier alpha value is -4.48. The fourth-order valence-electron chi connectivity index (χ4n) is 6.48. The van der Waals surface area contributed by atoms with Crippen LogP contribution in [0.3, 0.4) is 0 Å². The molecule has 0 amide bonds. The predicted octanol–water partition coefficient (Wildman–Crippen LogP) is 6.39. The zero-order valence-electron chi connectivity index (χ0n) is 26.9. The summed E-state index contributed by atoms with van der Waals surface area (Å²) >= 11 is 0. The third-order valence-corrected chi connectivity index (χ3v) is 9.14. The number of nitrogens with zero attached hydrogens (tertiary/aromatic N) is 6. The number of ether oxygens (including phenoxy) is 3. The number of carbonyl (C=O) groups is 1. The van der Waals surface area contributed by atoms with Crippen LogP contribution in [0.15, 0.2) is 60.8 Å². The molecule has 6 heterocycles. The molecular formula is C36H39FN6O4. The van der Waals surface area contributed by atoms with Crippen LogP contribution in [-0.4, -0.2) is 67.3 Å². The molecule has 0 radical (unpaired) electrons. The molecule has 0 bridgehead atoms. The van der Waals surface area contributed by atoms with Gasteiger partial charge in [0.15, 0.2) is 11.3 Å². The van der Waals surface area contributed by atoms with E-state index in [0.29, 0.717) is 36.1 Å². The average Bonchev–Trinajstić information content (AvgIpc) is 3.42. The highest BCUT2D eigenvalue weighted by Crippen LogP contribution is 2.33. The van der Waals surface area contributed by atoms with Crippen molar-refractivity contribution < 1.29 is 23.4 Å². The maximum absolute atomic E-state index is 13.7. The van der Waals surface area contributed by atoms with Gasteiger partial charge >= 0.3 is 5.97 Å². The van der Waals surface area contributed by atoms with Crippen LogP contribution in [0.4, 0.5) is 4.39 Å². The predicted molar refractivity (Wildman–Crippen MR) is 175 cm³/mol. The zero-order chi connectivity index (χ0) is 32.5. The minimum atomic E-state index is -0.433. The van der Waals surface area contributed by atoms with Gasteiger partial charge in [-0.3, -0.25) is 9.88 Å². The molecule has 11 heteroatoms. The van der Waals surface area contributed by atoms with Gasteiger partial charge in [-0.1, -0.05) is 6.07 Å². The Morgan fingerprint density at radius 3 is 2.60 bits per heavy atom. The Labute approximate surface area is 272 Å². The highest BCUT2D eigenvalue weighted by molar-refractivity contribution is 5.90. The van der Waals surface area contributed by atoms with Crippen molar-refractivity contribution in [1.82, 2.24) is 29.4 Å². The number of piperidine rings is 1. The maximum atomic E-state index is 13.7. The number of hydrogen-bond donors (Lipinski definition) is 0. The number of hydrogen-bond acceptors (Lipinski definition) is 9. The van der Waals surface area contributed by atoms with Crippen LogP contribution in [0.25, 0.3) is 22.1 Å². The average molecular weight is 639 g/mol. The lowest BCUT2D eigenvalue weighted by atomic mass is 9.92. The second-order valence-corrected chi connectivity index (χ2v) is 12.7. The lowest BCUT2D eigenvalue weighted by molar-refractivity contribution is -0.0595. The Morgan fingerprint density at radius 1 is 1.00 bits per heavy atom. The standard InChI is InChI=1S/C36H39FN6O4/c1-22(2)47-36(44)31-10-9-30-35(41-31)43(20-27-14-18-45-27)34(40-30)23(3)42-16-12-24(13-17-42)29-5-4-6-33(39-29)46-21-25-11-15-38-32-19-26(37)7-8-28(25)32/h4-11,15,19,22-24,27H,12-14,16-18,20-21H2,1-3H3/t23?,27-/m0/s1. The third kappa shape index (κ3) is 6.68. The molecule has 5 aromatic rings. The number of rotatable bonds is 10. The van der Waals surface area contributed by atoms with Gasteiger partial charge in [-0.25, -0.2) is 24.1 Å². The molecule has 2 fully saturated rings. The first-order valence-electron chi connectivity index (χ1n) is 16.4. The first-order valence-corrected chi connectivity index (χ1v) is 16.4. The van der Waals surface area contributed by atoms with Gasteiger partial charge in [0.05, 0.1) is 30.3 Å². The number of fused-ring (bicyclic) bond motifs is 2. The van der Waals surface area contributed by atoms with Crippen molar-refractivity contribution in [2.45, 2.75) is 77.4 Å². The summed E-state index contributed by atoms with van der Waals surface area (Å²) in [7, 11) is 0. The molecule has 4 aromatic heterocycles. The number of pyridine rings is 3. The number of benzene rings is 1. The van der Waals surface area contributed by atoms with Gasteiger partial charge < -0.3 is 18.8 Å². The molecule has 0 N–H and O–H groups in total. The summed E-state index contributed by atoms with van der Waals surface area (Å²) in [5, 5.41) is 0.866. The number of halogens is 1. The van der Waals surface area contributed by atoms with Crippen LogP contribution < -0.4 is 4.74 Å². The van der Waals surface area contributed by atoms with E-state index in [1.54, 1.807) is 18.3 Å². The van der Waals surface area contributed by atoms with Crippen LogP contribution in [0, 0.1) is 5.82 Å². The minimum Gasteiger partial charge on any atom is -0.473 e. The topological polar surface area (TPSA) is 104 Å². The molecule has 2 atom stereocenters. The van der Waals surface area contributed by atoms with Crippen LogP contribution in [0.2, 0.25) is 0 Å². The monoisotopic (exact) mass is 638 g/mol. The van der Waals surface area contributed by atoms with Crippen LogP contribution in [0.1, 0.15) is 79.6 Å². The normalized spacial score (nSPS) is 18.0. The summed E-state index contributed by atoms with van der Waals surface area (Å²) in [6.07, 6.45) is 4.46. The van der Waals surface area contributed by atoms with Gasteiger partial charge in [-0.2, -0.15) is 0 Å². The Kier molecular flexibility index (Phi) is 8.83. The second-order valence-electron chi connectivity index (χ2n) is 12.7. The lowest BCUT2D eigenvalue weighted by Crippen LogP contribution is -2.37. The minimum absolute atomic E-state index is 0.0441. The summed E-state index contributed by atoms with van der Waals surface area (Å²) in [6.45, 7) is 9.35. The number of imidazole rings is 1. The van der Waals surface area contributed by atoms with E-state index in [1.807, 2.05) is 38.1 Å². The van der Waals surface area contributed by atoms with Gasteiger partial charge in [-0.05, 0) is 89.5 Å². The zero-order valence-corrected chi connectivity index (χ0v) is 26.9. The molecule has 1 aromatic carbocycles.